The van der Waals surface area contributed by atoms with E-state index in [4.69, 9.17) is 14.1 Å². The molecular formula is C24H36IN5O3. The molecule has 1 aliphatic heterocycles. The van der Waals surface area contributed by atoms with Gasteiger partial charge >= 0.3 is 0 Å². The number of ether oxygens (including phenoxy) is 1. The summed E-state index contributed by atoms with van der Waals surface area (Å²) in [7, 11) is 3.36. The quantitative estimate of drug-likeness (QED) is 0.232. The molecule has 3 rings (SSSR count). The number of benzene rings is 1. The van der Waals surface area contributed by atoms with Gasteiger partial charge in [-0.1, -0.05) is 12.1 Å². The smallest absolute Gasteiger partial charge is 0.233 e. The zero-order chi connectivity index (χ0) is 22.6. The lowest BCUT2D eigenvalue weighted by atomic mass is 10.1. The predicted octanol–water partition coefficient (Wildman–Crippen LogP) is 2.44. The maximum absolute atomic E-state index is 11.6. The van der Waals surface area contributed by atoms with Crippen molar-refractivity contribution in [3.05, 3.63) is 54.0 Å². The molecule has 0 unspecified atom stereocenters. The Bertz CT molecular complexity index is 834. The third-order valence-electron chi connectivity index (χ3n) is 5.65. The van der Waals surface area contributed by atoms with Gasteiger partial charge in [0.1, 0.15) is 11.5 Å². The highest BCUT2D eigenvalue weighted by Gasteiger charge is 2.21. The molecule has 2 aromatic rings. The zero-order valence-electron chi connectivity index (χ0n) is 19.5. The largest absolute Gasteiger partial charge is 0.497 e. The molecule has 33 heavy (non-hydrogen) atoms. The number of piperidine rings is 1. The molecule has 1 aliphatic rings. The number of likely N-dealkylation sites (tertiary alicyclic amines) is 1. The van der Waals surface area contributed by atoms with Crippen LogP contribution in [0.25, 0.3) is 0 Å². The lowest BCUT2D eigenvalue weighted by Crippen LogP contribution is -2.50. The number of nitrogens with one attached hydrogen (secondary N) is 3. The van der Waals surface area contributed by atoms with Crippen LogP contribution in [-0.4, -0.2) is 69.7 Å². The second kappa shape index (κ2) is 14.8. The van der Waals surface area contributed by atoms with Gasteiger partial charge in [0.05, 0.1) is 19.9 Å². The molecule has 2 heterocycles. The summed E-state index contributed by atoms with van der Waals surface area (Å²) in [5, 5.41) is 9.76. The molecule has 0 atom stereocenters. The van der Waals surface area contributed by atoms with Crippen molar-refractivity contribution in [3.63, 3.8) is 0 Å². The molecular weight excluding hydrogens is 533 g/mol. The van der Waals surface area contributed by atoms with E-state index in [2.05, 4.69) is 33.0 Å². The molecule has 0 spiro atoms. The van der Waals surface area contributed by atoms with Gasteiger partial charge in [-0.2, -0.15) is 0 Å². The average Bonchev–Trinajstić information content (AvgIpc) is 3.34. The van der Waals surface area contributed by atoms with E-state index in [-0.39, 0.29) is 29.9 Å². The Hall–Kier alpha value is -2.27. The van der Waals surface area contributed by atoms with Gasteiger partial charge in [-0.3, -0.25) is 14.7 Å². The second-order valence-corrected chi connectivity index (χ2v) is 7.95. The molecule has 1 fully saturated rings. The minimum absolute atomic E-state index is 0. The Morgan fingerprint density at radius 3 is 2.58 bits per heavy atom. The first-order chi connectivity index (χ1) is 15.7. The van der Waals surface area contributed by atoms with Crippen molar-refractivity contribution in [2.75, 3.05) is 46.9 Å². The number of methoxy groups -OCH3 is 1. The third-order valence-corrected chi connectivity index (χ3v) is 5.65. The average molecular weight is 569 g/mol. The second-order valence-electron chi connectivity index (χ2n) is 7.95. The van der Waals surface area contributed by atoms with Crippen molar-refractivity contribution < 1.29 is 13.9 Å². The fraction of sp³-hybridized carbons (Fsp3) is 0.500. The van der Waals surface area contributed by atoms with Crippen LogP contribution in [0.15, 0.2) is 52.1 Å². The molecule has 8 nitrogen and oxygen atoms in total. The molecule has 1 aromatic heterocycles. The van der Waals surface area contributed by atoms with Gasteiger partial charge in [-0.05, 0) is 49.1 Å². The van der Waals surface area contributed by atoms with Gasteiger partial charge in [-0.15, -0.1) is 24.0 Å². The fourth-order valence-corrected chi connectivity index (χ4v) is 3.71. The van der Waals surface area contributed by atoms with Crippen LogP contribution in [0.5, 0.6) is 5.75 Å². The van der Waals surface area contributed by atoms with E-state index in [0.717, 1.165) is 62.8 Å². The van der Waals surface area contributed by atoms with Gasteiger partial charge in [0.15, 0.2) is 5.96 Å². The van der Waals surface area contributed by atoms with Crippen molar-refractivity contribution in [2.24, 2.45) is 4.99 Å². The number of likely N-dealkylation sites (N-methyl/N-ethyl adjacent to an activating group) is 1. The number of hydrogen-bond acceptors (Lipinski definition) is 5. The van der Waals surface area contributed by atoms with Crippen molar-refractivity contribution in [1.82, 2.24) is 20.9 Å². The Morgan fingerprint density at radius 2 is 1.94 bits per heavy atom. The summed E-state index contributed by atoms with van der Waals surface area (Å²) in [4.78, 5) is 18.6. The SMILES string of the molecule is CNC(=O)CN1CCC(NC(=NCCc2ccco2)NCCc2ccc(OC)cc2)CC1.I. The number of halogens is 1. The number of furan rings is 1. The lowest BCUT2D eigenvalue weighted by Gasteiger charge is -2.32. The van der Waals surface area contributed by atoms with Gasteiger partial charge < -0.3 is 25.1 Å². The normalized spacial score (nSPS) is 14.9. The molecule has 3 N–H and O–H groups in total. The fourth-order valence-electron chi connectivity index (χ4n) is 3.71. The summed E-state index contributed by atoms with van der Waals surface area (Å²) in [5.74, 6) is 2.70. The number of guanidine groups is 1. The summed E-state index contributed by atoms with van der Waals surface area (Å²) in [6, 6.07) is 12.4. The number of nitrogens with zero attached hydrogens (tertiary/aromatic N) is 2. The molecule has 0 bridgehead atoms. The number of amides is 1. The van der Waals surface area contributed by atoms with Gasteiger partial charge in [0.2, 0.25) is 5.91 Å². The molecule has 0 aliphatic carbocycles. The zero-order valence-corrected chi connectivity index (χ0v) is 21.8. The Morgan fingerprint density at radius 1 is 1.18 bits per heavy atom. The van der Waals surface area contributed by atoms with Gasteiger partial charge in [0.25, 0.3) is 0 Å². The molecule has 0 radical (unpaired) electrons. The van der Waals surface area contributed by atoms with Crippen molar-refractivity contribution in [3.8, 4) is 5.75 Å². The number of hydrogen-bond donors (Lipinski definition) is 3. The molecule has 9 heteroatoms. The van der Waals surface area contributed by atoms with E-state index in [0.29, 0.717) is 19.1 Å². The van der Waals surface area contributed by atoms with Crippen molar-refractivity contribution in [1.29, 1.82) is 0 Å². The van der Waals surface area contributed by atoms with Crippen LogP contribution in [0.1, 0.15) is 24.2 Å². The topological polar surface area (TPSA) is 91.1 Å². The summed E-state index contributed by atoms with van der Waals surface area (Å²) >= 11 is 0. The molecule has 1 amide bonds. The number of aliphatic imine (C=N–C) groups is 1. The first-order valence-corrected chi connectivity index (χ1v) is 11.3. The van der Waals surface area contributed by atoms with Gasteiger partial charge in [-0.25, -0.2) is 0 Å². The van der Waals surface area contributed by atoms with Crippen LogP contribution in [-0.2, 0) is 17.6 Å². The monoisotopic (exact) mass is 569 g/mol. The van der Waals surface area contributed by atoms with Crippen LogP contribution < -0.4 is 20.7 Å². The van der Waals surface area contributed by atoms with Crippen LogP contribution in [0.2, 0.25) is 0 Å². The van der Waals surface area contributed by atoms with E-state index < -0.39 is 0 Å². The van der Waals surface area contributed by atoms with Crippen LogP contribution >= 0.6 is 24.0 Å². The van der Waals surface area contributed by atoms with Crippen molar-refractivity contribution in [2.45, 2.75) is 31.7 Å². The third kappa shape index (κ3) is 9.63. The first kappa shape index (κ1) is 27.0. The van der Waals surface area contributed by atoms with E-state index >= 15 is 0 Å². The number of carbonyl (C=O) groups is 1. The number of rotatable bonds is 10. The summed E-state index contributed by atoms with van der Waals surface area (Å²) < 4.78 is 10.6. The van der Waals surface area contributed by atoms with Crippen LogP contribution in [0, 0.1) is 0 Å². The molecule has 1 saturated heterocycles. The minimum atomic E-state index is 0. The Balaban J connectivity index is 0.00000385. The van der Waals surface area contributed by atoms with Crippen LogP contribution in [0.3, 0.4) is 0 Å². The summed E-state index contributed by atoms with van der Waals surface area (Å²) in [6.07, 6.45) is 5.32. The Labute approximate surface area is 213 Å². The highest BCUT2D eigenvalue weighted by Crippen LogP contribution is 2.12. The molecule has 0 saturated carbocycles. The lowest BCUT2D eigenvalue weighted by molar-refractivity contribution is -0.122. The number of carbonyl (C=O) groups excluding carboxylic acids is 1. The molecule has 182 valence electrons. The van der Waals surface area contributed by atoms with E-state index in [1.807, 2.05) is 24.3 Å². The standard InChI is InChI=1S/C24H35N5O3.HI/c1-25-23(30)18-29-15-11-20(12-16-29)28-24(27-14-10-22-4-3-17-32-22)26-13-9-19-5-7-21(31-2)8-6-19;/h3-8,17,20H,9-16,18H2,1-2H3,(H,25,30)(H2,26,27,28);1H. The van der Waals surface area contributed by atoms with Crippen LogP contribution in [0.4, 0.5) is 0 Å². The van der Waals surface area contributed by atoms with Gasteiger partial charge in [0, 0.05) is 45.7 Å². The highest BCUT2D eigenvalue weighted by molar-refractivity contribution is 14.0. The maximum atomic E-state index is 11.6. The highest BCUT2D eigenvalue weighted by atomic mass is 127. The maximum Gasteiger partial charge on any atom is 0.233 e. The van der Waals surface area contributed by atoms with E-state index in [1.165, 1.54) is 5.56 Å². The first-order valence-electron chi connectivity index (χ1n) is 11.3. The summed E-state index contributed by atoms with van der Waals surface area (Å²) in [5.41, 5.74) is 1.25. The summed E-state index contributed by atoms with van der Waals surface area (Å²) in [6.45, 7) is 3.70. The van der Waals surface area contributed by atoms with E-state index in [9.17, 15) is 4.79 Å². The predicted molar refractivity (Wildman–Crippen MR) is 141 cm³/mol. The molecule has 1 aromatic carbocycles. The van der Waals surface area contributed by atoms with E-state index in [1.54, 1.807) is 20.4 Å². The van der Waals surface area contributed by atoms with Crippen molar-refractivity contribution >= 4 is 35.8 Å². The Kier molecular flexibility index (Phi) is 12.1. The minimum Gasteiger partial charge on any atom is -0.497 e.